The van der Waals surface area contributed by atoms with Gasteiger partial charge in [-0.05, 0) is 49.9 Å². The van der Waals surface area contributed by atoms with Gasteiger partial charge in [0.05, 0.1) is 0 Å². The summed E-state index contributed by atoms with van der Waals surface area (Å²) >= 11 is 0. The Labute approximate surface area is 122 Å². The lowest BCUT2D eigenvalue weighted by Gasteiger charge is -2.21. The predicted molar refractivity (Wildman–Crippen MR) is 83.8 cm³/mol. The predicted octanol–water partition coefficient (Wildman–Crippen LogP) is 2.75. The highest BCUT2D eigenvalue weighted by molar-refractivity contribution is 14.0. The molecule has 2 aliphatic carbocycles. The number of nitrogens with two attached hydrogens (primary N) is 1. The Morgan fingerprint density at radius 3 is 2.76 bits per heavy atom. The van der Waals surface area contributed by atoms with E-state index in [2.05, 4.69) is 17.2 Å². The van der Waals surface area contributed by atoms with Crippen LogP contribution >= 0.6 is 24.0 Å². The van der Waals surface area contributed by atoms with Crippen molar-refractivity contribution in [1.82, 2.24) is 5.32 Å². The minimum atomic E-state index is 0. The molecule has 0 aromatic carbocycles. The summed E-state index contributed by atoms with van der Waals surface area (Å²) in [5.41, 5.74) is 5.76. The molecular weight excluding hydrogens is 325 g/mol. The van der Waals surface area contributed by atoms with E-state index in [4.69, 9.17) is 5.73 Å². The van der Waals surface area contributed by atoms with Gasteiger partial charge in [0.2, 0.25) is 0 Å². The molecule has 2 rings (SSSR count). The number of rotatable bonds is 5. The Morgan fingerprint density at radius 2 is 2.18 bits per heavy atom. The van der Waals surface area contributed by atoms with Gasteiger partial charge in [-0.15, -0.1) is 24.0 Å². The van der Waals surface area contributed by atoms with Gasteiger partial charge in [-0.2, -0.15) is 0 Å². The first kappa shape index (κ1) is 15.1. The molecule has 0 spiro atoms. The van der Waals surface area contributed by atoms with Crippen molar-refractivity contribution in [3.8, 4) is 0 Å². The number of nitrogens with one attached hydrogen (secondary N) is 1. The Bertz CT molecular complexity index is 255. The van der Waals surface area contributed by atoms with Crippen LogP contribution in [0.25, 0.3) is 0 Å². The van der Waals surface area contributed by atoms with E-state index in [1.54, 1.807) is 0 Å². The van der Waals surface area contributed by atoms with Crippen LogP contribution in [0.3, 0.4) is 0 Å². The summed E-state index contributed by atoms with van der Waals surface area (Å²) in [5, 5.41) is 3.23. The van der Waals surface area contributed by atoms with Crippen molar-refractivity contribution >= 4 is 29.9 Å². The van der Waals surface area contributed by atoms with E-state index >= 15 is 0 Å². The fourth-order valence-electron chi connectivity index (χ4n) is 3.40. The quantitative estimate of drug-likeness (QED) is 0.455. The summed E-state index contributed by atoms with van der Waals surface area (Å²) in [6, 6.07) is 0. The highest BCUT2D eigenvalue weighted by Crippen LogP contribution is 2.49. The van der Waals surface area contributed by atoms with E-state index in [0.29, 0.717) is 5.96 Å². The van der Waals surface area contributed by atoms with Crippen LogP contribution in [0, 0.1) is 17.8 Å². The first-order valence-corrected chi connectivity index (χ1v) is 6.83. The maximum absolute atomic E-state index is 5.76. The van der Waals surface area contributed by atoms with E-state index in [-0.39, 0.29) is 24.0 Å². The third-order valence-corrected chi connectivity index (χ3v) is 4.21. The summed E-state index contributed by atoms with van der Waals surface area (Å²) in [6.45, 7) is 3.96. The van der Waals surface area contributed by atoms with Gasteiger partial charge in [0.15, 0.2) is 5.96 Å². The van der Waals surface area contributed by atoms with Gasteiger partial charge >= 0.3 is 0 Å². The van der Waals surface area contributed by atoms with Gasteiger partial charge in [0.1, 0.15) is 0 Å². The maximum Gasteiger partial charge on any atom is 0.188 e. The third kappa shape index (κ3) is 4.30. The Hall–Kier alpha value is 0. The SMILES string of the molecule is CCCN=C(N)NCCC1CC2CCC1C2.I. The first-order chi connectivity index (χ1) is 7.79. The van der Waals surface area contributed by atoms with Gasteiger partial charge in [0, 0.05) is 13.1 Å². The number of aliphatic imine (C=N–C) groups is 1. The van der Waals surface area contributed by atoms with E-state index in [9.17, 15) is 0 Å². The van der Waals surface area contributed by atoms with Crippen molar-refractivity contribution in [3.05, 3.63) is 0 Å². The zero-order chi connectivity index (χ0) is 11.4. The van der Waals surface area contributed by atoms with Crippen molar-refractivity contribution in [2.24, 2.45) is 28.5 Å². The average Bonchev–Trinajstić information content (AvgIpc) is 2.88. The molecule has 0 saturated heterocycles. The van der Waals surface area contributed by atoms with Crippen LogP contribution in [0.15, 0.2) is 4.99 Å². The molecule has 0 aliphatic heterocycles. The van der Waals surface area contributed by atoms with Crippen molar-refractivity contribution in [3.63, 3.8) is 0 Å². The van der Waals surface area contributed by atoms with Crippen LogP contribution in [-0.4, -0.2) is 19.0 Å². The number of hydrogen-bond acceptors (Lipinski definition) is 1. The van der Waals surface area contributed by atoms with E-state index in [0.717, 1.165) is 37.3 Å². The summed E-state index contributed by atoms with van der Waals surface area (Å²) in [4.78, 5) is 4.24. The van der Waals surface area contributed by atoms with Crippen LogP contribution in [0.5, 0.6) is 0 Å². The third-order valence-electron chi connectivity index (χ3n) is 4.21. The van der Waals surface area contributed by atoms with E-state index in [1.807, 2.05) is 0 Å². The smallest absolute Gasteiger partial charge is 0.188 e. The van der Waals surface area contributed by atoms with Gasteiger partial charge < -0.3 is 11.1 Å². The number of halogens is 1. The highest BCUT2D eigenvalue weighted by atomic mass is 127. The number of guanidine groups is 1. The lowest BCUT2D eigenvalue weighted by atomic mass is 9.86. The molecule has 2 bridgehead atoms. The molecule has 3 N–H and O–H groups in total. The van der Waals surface area contributed by atoms with Crippen LogP contribution in [0.2, 0.25) is 0 Å². The topological polar surface area (TPSA) is 50.4 Å². The van der Waals surface area contributed by atoms with E-state index < -0.39 is 0 Å². The van der Waals surface area contributed by atoms with Crippen LogP contribution in [0.4, 0.5) is 0 Å². The largest absolute Gasteiger partial charge is 0.370 e. The molecule has 0 aromatic rings. The number of nitrogens with zero attached hydrogens (tertiary/aromatic N) is 1. The monoisotopic (exact) mass is 351 g/mol. The van der Waals surface area contributed by atoms with Crippen molar-refractivity contribution in [2.75, 3.05) is 13.1 Å². The second-order valence-electron chi connectivity index (χ2n) is 5.42. The molecule has 0 amide bonds. The Kier molecular flexibility index (Phi) is 6.59. The van der Waals surface area contributed by atoms with Crippen molar-refractivity contribution < 1.29 is 0 Å². The molecule has 17 heavy (non-hydrogen) atoms. The molecule has 0 heterocycles. The Morgan fingerprint density at radius 1 is 1.35 bits per heavy atom. The lowest BCUT2D eigenvalue weighted by Crippen LogP contribution is -2.33. The molecule has 0 radical (unpaired) electrons. The average molecular weight is 351 g/mol. The highest BCUT2D eigenvalue weighted by Gasteiger charge is 2.38. The zero-order valence-electron chi connectivity index (χ0n) is 10.8. The Balaban J connectivity index is 0.00000144. The number of fused-ring (bicyclic) bond motifs is 2. The summed E-state index contributed by atoms with van der Waals surface area (Å²) in [7, 11) is 0. The maximum atomic E-state index is 5.76. The molecule has 2 fully saturated rings. The van der Waals surface area contributed by atoms with Crippen LogP contribution < -0.4 is 11.1 Å². The van der Waals surface area contributed by atoms with E-state index in [1.165, 1.54) is 32.1 Å². The van der Waals surface area contributed by atoms with Crippen molar-refractivity contribution in [1.29, 1.82) is 0 Å². The van der Waals surface area contributed by atoms with Gasteiger partial charge in [-0.25, -0.2) is 0 Å². The first-order valence-electron chi connectivity index (χ1n) is 6.83. The van der Waals surface area contributed by atoms with Gasteiger partial charge in [-0.3, -0.25) is 4.99 Å². The standard InChI is InChI=1S/C13H25N3.HI/c1-2-6-15-13(14)16-7-5-12-9-10-3-4-11(12)8-10;/h10-12H,2-9H2,1H3,(H3,14,15,16);1H. The molecule has 3 atom stereocenters. The molecular formula is C13H26IN3. The van der Waals surface area contributed by atoms with Gasteiger partial charge in [-0.1, -0.05) is 13.3 Å². The zero-order valence-corrected chi connectivity index (χ0v) is 13.2. The molecule has 100 valence electrons. The van der Waals surface area contributed by atoms with Crippen molar-refractivity contribution in [2.45, 2.75) is 45.4 Å². The van der Waals surface area contributed by atoms with Crippen LogP contribution in [-0.2, 0) is 0 Å². The fourth-order valence-corrected chi connectivity index (χ4v) is 3.40. The number of hydrogen-bond donors (Lipinski definition) is 2. The van der Waals surface area contributed by atoms with Crippen LogP contribution in [0.1, 0.15) is 45.4 Å². The molecule has 4 heteroatoms. The lowest BCUT2D eigenvalue weighted by molar-refractivity contribution is 0.315. The second-order valence-corrected chi connectivity index (χ2v) is 5.42. The molecule has 3 nitrogen and oxygen atoms in total. The summed E-state index contributed by atoms with van der Waals surface area (Å²) in [5.74, 6) is 3.68. The van der Waals surface area contributed by atoms with Gasteiger partial charge in [0.25, 0.3) is 0 Å². The molecule has 3 unspecified atom stereocenters. The molecule has 0 aromatic heterocycles. The summed E-state index contributed by atoms with van der Waals surface area (Å²) < 4.78 is 0. The molecule has 2 aliphatic rings. The summed E-state index contributed by atoms with van der Waals surface area (Å²) in [6.07, 6.45) is 8.30. The minimum absolute atomic E-state index is 0. The molecule has 2 saturated carbocycles. The fraction of sp³-hybridized carbons (Fsp3) is 0.923. The second kappa shape index (κ2) is 7.44. The normalized spacial score (nSPS) is 31.4. The minimum Gasteiger partial charge on any atom is -0.370 e.